The highest BCUT2D eigenvalue weighted by atomic mass is 19.1. The molecule has 2 heterocycles. The summed E-state index contributed by atoms with van der Waals surface area (Å²) in [5, 5.41) is 0. The number of rotatable bonds is 1. The summed E-state index contributed by atoms with van der Waals surface area (Å²) in [6, 6.07) is 14.9. The first-order chi connectivity index (χ1) is 8.25. The molecule has 0 unspecified atom stereocenters. The smallest absolute Gasteiger partial charge is 0.131 e. The first kappa shape index (κ1) is 10.1. The van der Waals surface area contributed by atoms with E-state index in [0.717, 1.165) is 16.8 Å². The molecule has 0 saturated carbocycles. The van der Waals surface area contributed by atoms with Gasteiger partial charge in [-0.3, -0.25) is 0 Å². The summed E-state index contributed by atoms with van der Waals surface area (Å²) in [5.74, 6) is -0.184. The molecule has 0 radical (unpaired) electrons. The van der Waals surface area contributed by atoms with Gasteiger partial charge in [0.05, 0.1) is 0 Å². The van der Waals surface area contributed by atoms with Gasteiger partial charge in [0.25, 0.3) is 0 Å². The highest BCUT2D eigenvalue weighted by molar-refractivity contribution is 5.66. The van der Waals surface area contributed by atoms with Crippen molar-refractivity contribution in [3.05, 3.63) is 66.2 Å². The molecule has 0 aliphatic rings. The first-order valence-corrected chi connectivity index (χ1v) is 5.58. The maximum atomic E-state index is 13.7. The summed E-state index contributed by atoms with van der Waals surface area (Å²) in [7, 11) is 0. The molecule has 2 heteroatoms. The van der Waals surface area contributed by atoms with Crippen LogP contribution < -0.4 is 0 Å². The fourth-order valence-electron chi connectivity index (χ4n) is 2.09. The summed E-state index contributed by atoms with van der Waals surface area (Å²) in [4.78, 5) is 0. The van der Waals surface area contributed by atoms with Gasteiger partial charge in [-0.15, -0.1) is 0 Å². The molecule has 0 bridgehead atoms. The molecule has 0 aliphatic carbocycles. The number of nitrogens with zero attached hydrogens (tertiary/aromatic N) is 1. The lowest BCUT2D eigenvalue weighted by Gasteiger charge is -2.05. The van der Waals surface area contributed by atoms with E-state index in [0.29, 0.717) is 5.56 Å². The van der Waals surface area contributed by atoms with Gasteiger partial charge in [0.2, 0.25) is 0 Å². The Hall–Kier alpha value is -2.09. The number of hydrogen-bond acceptors (Lipinski definition) is 0. The molecule has 2 aromatic heterocycles. The van der Waals surface area contributed by atoms with Crippen LogP contribution in [0.1, 0.15) is 5.69 Å². The number of pyridine rings is 1. The SMILES string of the molecule is Cc1ccc2ccc(-c3ccccc3F)cn12. The second-order valence-electron chi connectivity index (χ2n) is 4.17. The predicted octanol–water partition coefficient (Wildman–Crippen LogP) is 4.05. The Labute approximate surface area is 99.1 Å². The molecular weight excluding hydrogens is 213 g/mol. The molecule has 17 heavy (non-hydrogen) atoms. The van der Waals surface area contributed by atoms with E-state index in [9.17, 15) is 4.39 Å². The van der Waals surface area contributed by atoms with Crippen molar-refractivity contribution in [2.24, 2.45) is 0 Å². The molecule has 3 rings (SSSR count). The van der Waals surface area contributed by atoms with Crippen LogP contribution in [0.25, 0.3) is 16.6 Å². The molecule has 84 valence electrons. The van der Waals surface area contributed by atoms with Crippen LogP contribution in [0.2, 0.25) is 0 Å². The minimum atomic E-state index is -0.184. The van der Waals surface area contributed by atoms with E-state index in [-0.39, 0.29) is 5.82 Å². The molecule has 1 aromatic carbocycles. The van der Waals surface area contributed by atoms with E-state index < -0.39 is 0 Å². The molecule has 0 fully saturated rings. The molecule has 0 amide bonds. The van der Waals surface area contributed by atoms with Crippen LogP contribution in [0.15, 0.2) is 54.7 Å². The minimum Gasteiger partial charge on any atom is -0.321 e. The lowest BCUT2D eigenvalue weighted by Crippen LogP contribution is -1.90. The van der Waals surface area contributed by atoms with Gasteiger partial charge in [0.1, 0.15) is 5.82 Å². The summed E-state index contributed by atoms with van der Waals surface area (Å²) < 4.78 is 15.8. The third-order valence-electron chi connectivity index (χ3n) is 3.04. The Bertz CT molecular complexity index is 682. The van der Waals surface area contributed by atoms with Crippen molar-refractivity contribution in [2.75, 3.05) is 0 Å². The normalized spacial score (nSPS) is 10.9. The van der Waals surface area contributed by atoms with E-state index in [4.69, 9.17) is 0 Å². The number of hydrogen-bond donors (Lipinski definition) is 0. The summed E-state index contributed by atoms with van der Waals surface area (Å²) in [5.41, 5.74) is 3.82. The van der Waals surface area contributed by atoms with Gasteiger partial charge in [-0.05, 0) is 31.2 Å². The highest BCUT2D eigenvalue weighted by Crippen LogP contribution is 2.23. The van der Waals surface area contributed by atoms with Crippen molar-refractivity contribution in [2.45, 2.75) is 6.92 Å². The van der Waals surface area contributed by atoms with E-state index in [1.54, 1.807) is 12.1 Å². The number of benzene rings is 1. The van der Waals surface area contributed by atoms with Gasteiger partial charge in [0, 0.05) is 28.5 Å². The summed E-state index contributed by atoms with van der Waals surface area (Å²) in [6.45, 7) is 2.04. The van der Waals surface area contributed by atoms with Gasteiger partial charge in [-0.1, -0.05) is 24.3 Å². The predicted molar refractivity (Wildman–Crippen MR) is 67.5 cm³/mol. The van der Waals surface area contributed by atoms with E-state index in [1.807, 2.05) is 31.3 Å². The maximum absolute atomic E-state index is 13.7. The van der Waals surface area contributed by atoms with Crippen LogP contribution >= 0.6 is 0 Å². The Balaban J connectivity index is 2.24. The van der Waals surface area contributed by atoms with Crippen LogP contribution in [0.4, 0.5) is 4.39 Å². The molecule has 1 nitrogen and oxygen atoms in total. The van der Waals surface area contributed by atoms with Crippen molar-refractivity contribution in [3.8, 4) is 11.1 Å². The van der Waals surface area contributed by atoms with Crippen LogP contribution in [-0.4, -0.2) is 4.40 Å². The van der Waals surface area contributed by atoms with E-state index >= 15 is 0 Å². The van der Waals surface area contributed by atoms with Gasteiger partial charge in [-0.25, -0.2) is 4.39 Å². The average Bonchev–Trinajstić information content (AvgIpc) is 2.71. The van der Waals surface area contributed by atoms with Crippen molar-refractivity contribution in [1.82, 2.24) is 4.40 Å². The largest absolute Gasteiger partial charge is 0.321 e. The quantitative estimate of drug-likeness (QED) is 0.588. The Morgan fingerprint density at radius 2 is 1.71 bits per heavy atom. The molecular formula is C15H12FN. The second kappa shape index (κ2) is 3.74. The Kier molecular flexibility index (Phi) is 2.22. The van der Waals surface area contributed by atoms with Crippen molar-refractivity contribution < 1.29 is 4.39 Å². The summed E-state index contributed by atoms with van der Waals surface area (Å²) in [6.07, 6.45) is 1.98. The fourth-order valence-corrected chi connectivity index (χ4v) is 2.09. The van der Waals surface area contributed by atoms with Crippen LogP contribution in [0.5, 0.6) is 0 Å². The van der Waals surface area contributed by atoms with E-state index in [2.05, 4.69) is 16.5 Å². The van der Waals surface area contributed by atoms with Gasteiger partial charge < -0.3 is 4.40 Å². The molecule has 3 aromatic rings. The van der Waals surface area contributed by atoms with Gasteiger partial charge in [-0.2, -0.15) is 0 Å². The average molecular weight is 225 g/mol. The Morgan fingerprint density at radius 1 is 0.941 bits per heavy atom. The first-order valence-electron chi connectivity index (χ1n) is 5.58. The zero-order chi connectivity index (χ0) is 11.8. The van der Waals surface area contributed by atoms with Crippen molar-refractivity contribution in [1.29, 1.82) is 0 Å². The maximum Gasteiger partial charge on any atom is 0.131 e. The van der Waals surface area contributed by atoms with Gasteiger partial charge >= 0.3 is 0 Å². The number of aryl methyl sites for hydroxylation is 1. The molecule has 0 spiro atoms. The fraction of sp³-hybridized carbons (Fsp3) is 0.0667. The lowest BCUT2D eigenvalue weighted by molar-refractivity contribution is 0.631. The lowest BCUT2D eigenvalue weighted by atomic mass is 10.1. The van der Waals surface area contributed by atoms with E-state index in [1.165, 1.54) is 6.07 Å². The van der Waals surface area contributed by atoms with Crippen LogP contribution in [-0.2, 0) is 0 Å². The molecule has 0 N–H and O–H groups in total. The Morgan fingerprint density at radius 3 is 2.53 bits per heavy atom. The highest BCUT2D eigenvalue weighted by Gasteiger charge is 2.05. The minimum absolute atomic E-state index is 0.184. The molecule has 0 atom stereocenters. The van der Waals surface area contributed by atoms with Crippen LogP contribution in [0, 0.1) is 12.7 Å². The van der Waals surface area contributed by atoms with Crippen LogP contribution in [0.3, 0.4) is 0 Å². The standard InChI is InChI=1S/C15H12FN/c1-11-6-8-13-9-7-12(10-17(11)13)14-4-2-3-5-15(14)16/h2-10H,1H3. The monoisotopic (exact) mass is 225 g/mol. The molecule has 0 aliphatic heterocycles. The zero-order valence-corrected chi connectivity index (χ0v) is 9.52. The number of fused-ring (bicyclic) bond motifs is 1. The number of halogens is 1. The van der Waals surface area contributed by atoms with Crippen molar-refractivity contribution >= 4 is 5.52 Å². The topological polar surface area (TPSA) is 4.41 Å². The second-order valence-corrected chi connectivity index (χ2v) is 4.17. The van der Waals surface area contributed by atoms with Crippen molar-refractivity contribution in [3.63, 3.8) is 0 Å². The molecule has 0 saturated heterocycles. The third-order valence-corrected chi connectivity index (χ3v) is 3.04. The third kappa shape index (κ3) is 1.62. The van der Waals surface area contributed by atoms with Gasteiger partial charge in [0.15, 0.2) is 0 Å². The number of aromatic nitrogens is 1. The zero-order valence-electron chi connectivity index (χ0n) is 9.52. The summed E-state index contributed by atoms with van der Waals surface area (Å²) >= 11 is 0.